The second kappa shape index (κ2) is 5.19. The zero-order chi connectivity index (χ0) is 9.68. The molecule has 1 saturated heterocycles. The molecule has 0 spiro atoms. The Balaban J connectivity index is 2.17. The third-order valence-electron chi connectivity index (χ3n) is 2.41. The number of rotatable bonds is 3. The summed E-state index contributed by atoms with van der Waals surface area (Å²) in [6.07, 6.45) is 2.27. The van der Waals surface area contributed by atoms with E-state index in [0.717, 1.165) is 32.5 Å². The van der Waals surface area contributed by atoms with Crippen LogP contribution in [-0.4, -0.2) is 48.7 Å². The van der Waals surface area contributed by atoms with Gasteiger partial charge in [0.2, 0.25) is 5.91 Å². The summed E-state index contributed by atoms with van der Waals surface area (Å²) >= 11 is 0. The Kier molecular flexibility index (Phi) is 4.18. The fourth-order valence-electron chi connectivity index (χ4n) is 1.62. The van der Waals surface area contributed by atoms with E-state index in [0.29, 0.717) is 6.42 Å². The van der Waals surface area contributed by atoms with Crippen molar-refractivity contribution < 1.29 is 9.90 Å². The first-order chi connectivity index (χ1) is 6.22. The lowest BCUT2D eigenvalue weighted by molar-refractivity contribution is -0.121. The van der Waals surface area contributed by atoms with Crippen LogP contribution in [0.3, 0.4) is 0 Å². The molecule has 1 aliphatic heterocycles. The Morgan fingerprint density at radius 2 is 2.46 bits per heavy atom. The van der Waals surface area contributed by atoms with Gasteiger partial charge in [0.1, 0.15) is 0 Å². The van der Waals surface area contributed by atoms with Gasteiger partial charge in [0.25, 0.3) is 0 Å². The second-order valence-electron chi connectivity index (χ2n) is 3.52. The highest BCUT2D eigenvalue weighted by Gasteiger charge is 2.17. The highest BCUT2D eigenvalue weighted by molar-refractivity contribution is 5.75. The number of amides is 1. The molecule has 0 saturated carbocycles. The number of piperidine rings is 1. The summed E-state index contributed by atoms with van der Waals surface area (Å²) in [6.45, 7) is 2.49. The van der Waals surface area contributed by atoms with Gasteiger partial charge in [-0.05, 0) is 19.4 Å². The number of β-amino-alcohol motifs (C(OH)–C–C–N with tert-alkyl or cyclic N) is 1. The molecule has 0 aromatic carbocycles. The maximum Gasteiger partial charge on any atom is 0.221 e. The molecule has 1 atom stereocenters. The summed E-state index contributed by atoms with van der Waals surface area (Å²) < 4.78 is 0. The van der Waals surface area contributed by atoms with Crippen LogP contribution in [0.1, 0.15) is 19.3 Å². The summed E-state index contributed by atoms with van der Waals surface area (Å²) in [4.78, 5) is 13.1. The predicted molar refractivity (Wildman–Crippen MR) is 50.4 cm³/mol. The minimum absolute atomic E-state index is 0.0695. The number of aliphatic hydroxyl groups is 1. The Morgan fingerprint density at radius 1 is 1.69 bits per heavy atom. The average molecular weight is 186 g/mol. The standard InChI is InChI=1S/C9H18N2O2/c1-10-9(13)4-6-11-5-2-3-8(12)7-11/h8,12H,2-7H2,1H3,(H,10,13)/t8-/m0/s1. The Bertz CT molecular complexity index is 173. The zero-order valence-electron chi connectivity index (χ0n) is 8.12. The Morgan fingerprint density at radius 3 is 3.08 bits per heavy atom. The molecule has 4 heteroatoms. The molecule has 1 fully saturated rings. The van der Waals surface area contributed by atoms with Crippen LogP contribution in [-0.2, 0) is 4.79 Å². The smallest absolute Gasteiger partial charge is 0.221 e. The summed E-state index contributed by atoms with van der Waals surface area (Å²) in [6, 6.07) is 0. The van der Waals surface area contributed by atoms with Crippen molar-refractivity contribution in [2.45, 2.75) is 25.4 Å². The van der Waals surface area contributed by atoms with E-state index in [-0.39, 0.29) is 12.0 Å². The van der Waals surface area contributed by atoms with Gasteiger partial charge >= 0.3 is 0 Å². The lowest BCUT2D eigenvalue weighted by Crippen LogP contribution is -2.40. The lowest BCUT2D eigenvalue weighted by Gasteiger charge is -2.29. The third-order valence-corrected chi connectivity index (χ3v) is 2.41. The van der Waals surface area contributed by atoms with Crippen molar-refractivity contribution in [2.75, 3.05) is 26.7 Å². The van der Waals surface area contributed by atoms with Gasteiger partial charge < -0.3 is 15.3 Å². The molecule has 0 bridgehead atoms. The quantitative estimate of drug-likeness (QED) is 0.629. The van der Waals surface area contributed by atoms with Crippen LogP contribution in [0, 0.1) is 0 Å². The number of carbonyl (C=O) groups excluding carboxylic acids is 1. The molecule has 76 valence electrons. The molecule has 0 radical (unpaired) electrons. The number of hydrogen-bond donors (Lipinski definition) is 2. The van der Waals surface area contributed by atoms with Crippen LogP contribution in [0.15, 0.2) is 0 Å². The van der Waals surface area contributed by atoms with E-state index in [1.165, 1.54) is 0 Å². The van der Waals surface area contributed by atoms with Crippen molar-refractivity contribution in [3.63, 3.8) is 0 Å². The monoisotopic (exact) mass is 186 g/mol. The molecule has 13 heavy (non-hydrogen) atoms. The molecular weight excluding hydrogens is 168 g/mol. The fraction of sp³-hybridized carbons (Fsp3) is 0.889. The largest absolute Gasteiger partial charge is 0.392 e. The van der Waals surface area contributed by atoms with Gasteiger partial charge in [0.15, 0.2) is 0 Å². The van der Waals surface area contributed by atoms with Crippen molar-refractivity contribution in [1.29, 1.82) is 0 Å². The second-order valence-corrected chi connectivity index (χ2v) is 3.52. The van der Waals surface area contributed by atoms with E-state index in [1.807, 2.05) is 0 Å². The molecule has 0 aromatic heterocycles. The Hall–Kier alpha value is -0.610. The summed E-state index contributed by atoms with van der Waals surface area (Å²) in [5, 5.41) is 11.9. The fourth-order valence-corrected chi connectivity index (χ4v) is 1.62. The van der Waals surface area contributed by atoms with Crippen LogP contribution >= 0.6 is 0 Å². The first kappa shape index (κ1) is 10.5. The van der Waals surface area contributed by atoms with Crippen LogP contribution in [0.25, 0.3) is 0 Å². The number of hydrogen-bond acceptors (Lipinski definition) is 3. The maximum absolute atomic E-state index is 10.9. The minimum atomic E-state index is -0.196. The SMILES string of the molecule is CNC(=O)CCN1CCC[C@H](O)C1. The lowest BCUT2D eigenvalue weighted by atomic mass is 10.1. The van der Waals surface area contributed by atoms with E-state index >= 15 is 0 Å². The van der Waals surface area contributed by atoms with E-state index in [2.05, 4.69) is 10.2 Å². The molecular formula is C9H18N2O2. The Labute approximate surface area is 78.9 Å². The summed E-state index contributed by atoms with van der Waals surface area (Å²) in [7, 11) is 1.65. The molecule has 0 unspecified atom stereocenters. The van der Waals surface area contributed by atoms with Crippen molar-refractivity contribution >= 4 is 5.91 Å². The van der Waals surface area contributed by atoms with Crippen molar-refractivity contribution in [3.05, 3.63) is 0 Å². The zero-order valence-corrected chi connectivity index (χ0v) is 8.12. The number of nitrogens with one attached hydrogen (secondary N) is 1. The van der Waals surface area contributed by atoms with Gasteiger partial charge in [0.05, 0.1) is 6.10 Å². The van der Waals surface area contributed by atoms with Gasteiger partial charge in [-0.1, -0.05) is 0 Å². The minimum Gasteiger partial charge on any atom is -0.392 e. The normalized spacial score (nSPS) is 24.3. The summed E-state index contributed by atoms with van der Waals surface area (Å²) in [5.41, 5.74) is 0. The number of nitrogens with zero attached hydrogens (tertiary/aromatic N) is 1. The van der Waals surface area contributed by atoms with E-state index in [9.17, 15) is 9.90 Å². The van der Waals surface area contributed by atoms with Gasteiger partial charge in [-0.25, -0.2) is 0 Å². The molecule has 1 heterocycles. The van der Waals surface area contributed by atoms with Crippen molar-refractivity contribution in [1.82, 2.24) is 10.2 Å². The van der Waals surface area contributed by atoms with Crippen molar-refractivity contribution in [3.8, 4) is 0 Å². The highest BCUT2D eigenvalue weighted by Crippen LogP contribution is 2.09. The molecule has 1 rings (SSSR count). The van der Waals surface area contributed by atoms with Crippen LogP contribution in [0.5, 0.6) is 0 Å². The van der Waals surface area contributed by atoms with Crippen LogP contribution in [0.2, 0.25) is 0 Å². The van der Waals surface area contributed by atoms with E-state index in [1.54, 1.807) is 7.05 Å². The summed E-state index contributed by atoms with van der Waals surface area (Å²) in [5.74, 6) is 0.0695. The molecule has 2 N–H and O–H groups in total. The topological polar surface area (TPSA) is 52.6 Å². The van der Waals surface area contributed by atoms with Gasteiger partial charge in [-0.15, -0.1) is 0 Å². The highest BCUT2D eigenvalue weighted by atomic mass is 16.3. The number of likely N-dealkylation sites (tertiary alicyclic amines) is 1. The number of carbonyl (C=O) groups is 1. The first-order valence-electron chi connectivity index (χ1n) is 4.83. The first-order valence-corrected chi connectivity index (χ1v) is 4.83. The molecule has 1 aliphatic rings. The van der Waals surface area contributed by atoms with Crippen LogP contribution in [0.4, 0.5) is 0 Å². The van der Waals surface area contributed by atoms with Crippen LogP contribution < -0.4 is 5.32 Å². The molecule has 0 aromatic rings. The van der Waals surface area contributed by atoms with E-state index < -0.39 is 0 Å². The predicted octanol–water partition coefficient (Wildman–Crippen LogP) is -0.421. The van der Waals surface area contributed by atoms with Gasteiger partial charge in [-0.3, -0.25) is 4.79 Å². The van der Waals surface area contributed by atoms with Gasteiger partial charge in [-0.2, -0.15) is 0 Å². The average Bonchev–Trinajstić information content (AvgIpc) is 2.14. The van der Waals surface area contributed by atoms with E-state index in [4.69, 9.17) is 0 Å². The molecule has 4 nitrogen and oxygen atoms in total. The molecule has 0 aliphatic carbocycles. The van der Waals surface area contributed by atoms with Gasteiger partial charge in [0, 0.05) is 26.6 Å². The number of aliphatic hydroxyl groups excluding tert-OH is 1. The van der Waals surface area contributed by atoms with Crippen molar-refractivity contribution in [2.24, 2.45) is 0 Å². The molecule has 1 amide bonds. The third kappa shape index (κ3) is 3.74. The maximum atomic E-state index is 10.9.